The molecule has 56 valence electrons. The maximum absolute atomic E-state index is 10.5. The van der Waals surface area contributed by atoms with E-state index in [1.807, 2.05) is 0 Å². The van der Waals surface area contributed by atoms with Crippen molar-refractivity contribution >= 4 is 11.6 Å². The molecule has 0 saturated carbocycles. The van der Waals surface area contributed by atoms with E-state index in [1.165, 1.54) is 0 Å². The maximum Gasteiger partial charge on any atom is 0.251 e. The molecular weight excluding hydrogens is 130 g/mol. The van der Waals surface area contributed by atoms with Gasteiger partial charge in [-0.3, -0.25) is 9.79 Å². The van der Waals surface area contributed by atoms with Crippen LogP contribution in [0, 0.1) is 0 Å². The number of nitrogens with two attached hydrogens (primary N) is 2. The van der Waals surface area contributed by atoms with Crippen LogP contribution in [0.25, 0.3) is 0 Å². The van der Waals surface area contributed by atoms with Crippen LogP contribution < -0.4 is 11.5 Å². The fourth-order valence-electron chi connectivity index (χ4n) is 0.501. The number of aliphatic imine (C=N–C) groups is 1. The lowest BCUT2D eigenvalue weighted by atomic mass is 10.2. The monoisotopic (exact) mass is 141 g/mol. The lowest BCUT2D eigenvalue weighted by molar-refractivity contribution is -0.114. The molecule has 10 heavy (non-hydrogen) atoms. The summed E-state index contributed by atoms with van der Waals surface area (Å²) >= 11 is 0. The van der Waals surface area contributed by atoms with Crippen molar-refractivity contribution in [1.29, 1.82) is 0 Å². The highest BCUT2D eigenvalue weighted by atomic mass is 16.1. The molecule has 4 heteroatoms. The van der Waals surface area contributed by atoms with Crippen LogP contribution in [0.1, 0.15) is 6.92 Å². The van der Waals surface area contributed by atoms with E-state index in [4.69, 9.17) is 11.5 Å². The van der Waals surface area contributed by atoms with Gasteiger partial charge in [-0.25, -0.2) is 0 Å². The van der Waals surface area contributed by atoms with Crippen LogP contribution in [0.5, 0.6) is 0 Å². The molecule has 0 fully saturated rings. The minimum Gasteiger partial charge on any atom is -0.404 e. The van der Waals surface area contributed by atoms with Gasteiger partial charge in [-0.1, -0.05) is 0 Å². The van der Waals surface area contributed by atoms with E-state index < -0.39 is 5.91 Å². The molecule has 0 atom stereocenters. The molecule has 1 amide bonds. The van der Waals surface area contributed by atoms with Gasteiger partial charge in [0.1, 0.15) is 0 Å². The summed E-state index contributed by atoms with van der Waals surface area (Å²) in [6, 6.07) is 0. The van der Waals surface area contributed by atoms with E-state index in [0.29, 0.717) is 5.71 Å². The minimum atomic E-state index is -0.550. The van der Waals surface area contributed by atoms with Gasteiger partial charge in [0.25, 0.3) is 5.91 Å². The molecule has 0 aliphatic heterocycles. The third-order valence-corrected chi connectivity index (χ3v) is 1.16. The number of nitrogens with zero attached hydrogens (tertiary/aromatic N) is 1. The number of primary amides is 1. The van der Waals surface area contributed by atoms with Gasteiger partial charge in [0.15, 0.2) is 0 Å². The molecule has 0 saturated heterocycles. The first-order chi connectivity index (χ1) is 4.63. The van der Waals surface area contributed by atoms with Crippen LogP contribution in [0.2, 0.25) is 0 Å². The second kappa shape index (κ2) is 3.66. The van der Waals surface area contributed by atoms with Gasteiger partial charge in [0, 0.05) is 19.0 Å². The molecule has 0 aliphatic rings. The number of hydrogen-bond donors (Lipinski definition) is 2. The fraction of sp³-hybridized carbons (Fsp3) is 0.333. The topological polar surface area (TPSA) is 81.5 Å². The largest absolute Gasteiger partial charge is 0.404 e. The van der Waals surface area contributed by atoms with Crippen LogP contribution in [0.3, 0.4) is 0 Å². The van der Waals surface area contributed by atoms with Crippen molar-refractivity contribution in [3.8, 4) is 0 Å². The second-order valence-electron chi connectivity index (χ2n) is 1.75. The highest BCUT2D eigenvalue weighted by Crippen LogP contribution is 1.93. The predicted molar refractivity (Wildman–Crippen MR) is 40.5 cm³/mol. The van der Waals surface area contributed by atoms with Crippen LogP contribution in [0.15, 0.2) is 16.8 Å². The van der Waals surface area contributed by atoms with E-state index in [1.54, 1.807) is 14.0 Å². The summed E-state index contributed by atoms with van der Waals surface area (Å²) in [6.45, 7) is 1.67. The third-order valence-electron chi connectivity index (χ3n) is 1.16. The van der Waals surface area contributed by atoms with E-state index in [2.05, 4.69) is 4.99 Å². The summed E-state index contributed by atoms with van der Waals surface area (Å²) in [7, 11) is 1.57. The summed E-state index contributed by atoms with van der Waals surface area (Å²) in [5, 5.41) is 0. The quantitative estimate of drug-likeness (QED) is 0.398. The van der Waals surface area contributed by atoms with E-state index in [0.717, 1.165) is 6.20 Å². The molecule has 0 heterocycles. The van der Waals surface area contributed by atoms with Gasteiger partial charge in [-0.2, -0.15) is 0 Å². The highest BCUT2D eigenvalue weighted by Gasteiger charge is 2.05. The van der Waals surface area contributed by atoms with E-state index in [-0.39, 0.29) is 5.57 Å². The Morgan fingerprint density at radius 3 is 2.20 bits per heavy atom. The van der Waals surface area contributed by atoms with Crippen molar-refractivity contribution in [2.24, 2.45) is 16.5 Å². The molecule has 0 aromatic rings. The first kappa shape index (κ1) is 8.68. The smallest absolute Gasteiger partial charge is 0.251 e. The lowest BCUT2D eigenvalue weighted by Gasteiger charge is -1.97. The van der Waals surface area contributed by atoms with Crippen molar-refractivity contribution in [2.45, 2.75) is 6.92 Å². The van der Waals surface area contributed by atoms with Crippen LogP contribution >= 0.6 is 0 Å². The third kappa shape index (κ3) is 1.89. The number of hydrogen-bond acceptors (Lipinski definition) is 3. The van der Waals surface area contributed by atoms with Crippen molar-refractivity contribution in [1.82, 2.24) is 0 Å². The van der Waals surface area contributed by atoms with Crippen molar-refractivity contribution < 1.29 is 4.79 Å². The molecular formula is C6H11N3O. The van der Waals surface area contributed by atoms with Crippen molar-refractivity contribution in [2.75, 3.05) is 7.05 Å². The summed E-state index contributed by atoms with van der Waals surface area (Å²) < 4.78 is 0. The molecule has 0 spiro atoms. The summed E-state index contributed by atoms with van der Waals surface area (Å²) in [5.41, 5.74) is 10.9. The number of amides is 1. The first-order valence-corrected chi connectivity index (χ1v) is 2.79. The van der Waals surface area contributed by atoms with E-state index in [9.17, 15) is 4.79 Å². The summed E-state index contributed by atoms with van der Waals surface area (Å²) in [5.74, 6) is -0.550. The Bertz CT molecular complexity index is 193. The standard InChI is InChI=1S/C6H11N3O/c1-4(9-2)5(3-7)6(8)10/h3H,7H2,1-2H3,(H2,8,10). The predicted octanol–water partition coefficient (Wildman–Crippen LogP) is -0.595. The van der Waals surface area contributed by atoms with Gasteiger partial charge in [0.2, 0.25) is 0 Å². The molecule has 0 aliphatic carbocycles. The minimum absolute atomic E-state index is 0.266. The molecule has 0 unspecified atom stereocenters. The average molecular weight is 141 g/mol. The fourth-order valence-corrected chi connectivity index (χ4v) is 0.501. The van der Waals surface area contributed by atoms with Gasteiger partial charge in [0.05, 0.1) is 5.57 Å². The SMILES string of the molecule is CN=C(C)C(=CN)C(N)=O. The van der Waals surface area contributed by atoms with E-state index >= 15 is 0 Å². The lowest BCUT2D eigenvalue weighted by Crippen LogP contribution is -2.20. The number of rotatable bonds is 2. The Labute approximate surface area is 59.6 Å². The molecule has 4 nitrogen and oxygen atoms in total. The maximum atomic E-state index is 10.5. The Morgan fingerprint density at radius 2 is 2.10 bits per heavy atom. The molecule has 0 bridgehead atoms. The molecule has 4 N–H and O–H groups in total. The average Bonchev–Trinajstić information content (AvgIpc) is 1.88. The Hall–Kier alpha value is -1.32. The van der Waals surface area contributed by atoms with Crippen LogP contribution in [-0.4, -0.2) is 18.7 Å². The molecule has 0 aromatic carbocycles. The second-order valence-corrected chi connectivity index (χ2v) is 1.75. The van der Waals surface area contributed by atoms with Gasteiger partial charge in [-0.05, 0) is 6.92 Å². The first-order valence-electron chi connectivity index (χ1n) is 2.79. The van der Waals surface area contributed by atoms with Crippen LogP contribution in [-0.2, 0) is 4.79 Å². The normalized spacial score (nSPS) is 13.4. The van der Waals surface area contributed by atoms with Crippen molar-refractivity contribution in [3.05, 3.63) is 11.8 Å². The number of carbonyl (C=O) groups excluding carboxylic acids is 1. The zero-order valence-corrected chi connectivity index (χ0v) is 6.09. The number of carbonyl (C=O) groups is 1. The zero-order valence-electron chi connectivity index (χ0n) is 6.09. The molecule has 0 radical (unpaired) electrons. The zero-order chi connectivity index (χ0) is 8.15. The summed E-state index contributed by atoms with van der Waals surface area (Å²) in [4.78, 5) is 14.3. The van der Waals surface area contributed by atoms with Crippen molar-refractivity contribution in [3.63, 3.8) is 0 Å². The Balaban J connectivity index is 4.56. The molecule has 0 aromatic heterocycles. The van der Waals surface area contributed by atoms with Crippen LogP contribution in [0.4, 0.5) is 0 Å². The Morgan fingerprint density at radius 1 is 1.60 bits per heavy atom. The van der Waals surface area contributed by atoms with Gasteiger partial charge < -0.3 is 11.5 Å². The summed E-state index contributed by atoms with van der Waals surface area (Å²) in [6.07, 6.45) is 1.16. The highest BCUT2D eigenvalue weighted by molar-refractivity contribution is 6.20. The van der Waals surface area contributed by atoms with Gasteiger partial charge >= 0.3 is 0 Å². The Kier molecular flexibility index (Phi) is 3.17. The molecule has 0 rings (SSSR count). The van der Waals surface area contributed by atoms with Gasteiger partial charge in [-0.15, -0.1) is 0 Å².